The fourth-order valence-electron chi connectivity index (χ4n) is 2.46. The molecule has 3 aromatic heterocycles. The summed E-state index contributed by atoms with van der Waals surface area (Å²) in [6.45, 7) is 0.724. The minimum absolute atomic E-state index is 0.724. The first-order valence-electron chi connectivity index (χ1n) is 7.00. The fraction of sp³-hybridized carbons (Fsp3) is 0.125. The Bertz CT molecular complexity index is 872. The van der Waals surface area contributed by atoms with Gasteiger partial charge in [0.05, 0.1) is 25.5 Å². The van der Waals surface area contributed by atoms with Gasteiger partial charge >= 0.3 is 0 Å². The molecule has 1 aromatic carbocycles. The minimum Gasteiger partial charge on any atom is -0.497 e. The Hall–Kier alpha value is -3.02. The van der Waals surface area contributed by atoms with Crippen LogP contribution in [0.2, 0.25) is 0 Å². The van der Waals surface area contributed by atoms with Crippen molar-refractivity contribution in [2.75, 3.05) is 7.11 Å². The highest BCUT2D eigenvalue weighted by molar-refractivity contribution is 5.62. The number of fused-ring (bicyclic) bond motifs is 1. The molecule has 110 valence electrons. The third-order valence-electron chi connectivity index (χ3n) is 3.63. The van der Waals surface area contributed by atoms with Crippen LogP contribution in [0.4, 0.5) is 0 Å². The predicted octanol–water partition coefficient (Wildman–Crippen LogP) is 2.58. The van der Waals surface area contributed by atoms with Crippen LogP contribution < -0.4 is 4.74 Å². The molecule has 0 aliphatic heterocycles. The number of hydrogen-bond donors (Lipinski definition) is 1. The van der Waals surface area contributed by atoms with E-state index in [4.69, 9.17) is 4.74 Å². The zero-order valence-corrected chi connectivity index (χ0v) is 12.1. The highest BCUT2D eigenvalue weighted by atomic mass is 16.5. The van der Waals surface area contributed by atoms with Crippen LogP contribution in [0.1, 0.15) is 5.56 Å². The monoisotopic (exact) mass is 293 g/mol. The Morgan fingerprint density at radius 1 is 1.23 bits per heavy atom. The van der Waals surface area contributed by atoms with Gasteiger partial charge in [-0.05, 0) is 17.7 Å². The highest BCUT2D eigenvalue weighted by Gasteiger charge is 2.07. The van der Waals surface area contributed by atoms with Crippen LogP contribution in [0.25, 0.3) is 16.9 Å². The standard InChI is InChI=1S/C16H15N5O/c1-22-14-4-2-12(3-5-14)10-20-11-13(9-18-20)15-8-16-17-6-7-21(16)19-15/h2-9,11,19H,10H2,1H3. The number of imidazole rings is 1. The molecule has 22 heavy (non-hydrogen) atoms. The van der Waals surface area contributed by atoms with E-state index in [9.17, 15) is 0 Å². The van der Waals surface area contributed by atoms with E-state index in [0.29, 0.717) is 0 Å². The number of H-pyrrole nitrogens is 1. The number of methoxy groups -OCH3 is 1. The Kier molecular flexibility index (Phi) is 2.93. The van der Waals surface area contributed by atoms with Gasteiger partial charge in [0.1, 0.15) is 5.75 Å². The largest absolute Gasteiger partial charge is 0.497 e. The number of aromatic amines is 1. The van der Waals surface area contributed by atoms with E-state index < -0.39 is 0 Å². The Morgan fingerprint density at radius 2 is 2.09 bits per heavy atom. The van der Waals surface area contributed by atoms with Gasteiger partial charge in [0.2, 0.25) is 0 Å². The number of hydrogen-bond acceptors (Lipinski definition) is 3. The summed E-state index contributed by atoms with van der Waals surface area (Å²) in [4.78, 5) is 4.25. The lowest BCUT2D eigenvalue weighted by Gasteiger charge is -2.03. The van der Waals surface area contributed by atoms with Crippen LogP contribution in [-0.4, -0.2) is 31.5 Å². The summed E-state index contributed by atoms with van der Waals surface area (Å²) in [6.07, 6.45) is 7.54. The summed E-state index contributed by atoms with van der Waals surface area (Å²) in [6, 6.07) is 10.0. The average Bonchev–Trinajstić information content (AvgIpc) is 3.22. The fourth-order valence-corrected chi connectivity index (χ4v) is 2.46. The molecule has 0 spiro atoms. The summed E-state index contributed by atoms with van der Waals surface area (Å²) < 4.78 is 8.97. The van der Waals surface area contributed by atoms with Gasteiger partial charge in [-0.15, -0.1) is 0 Å². The van der Waals surface area contributed by atoms with Gasteiger partial charge in [-0.1, -0.05) is 12.1 Å². The van der Waals surface area contributed by atoms with Crippen molar-refractivity contribution < 1.29 is 4.74 Å². The molecule has 0 radical (unpaired) electrons. The SMILES string of the molecule is COc1ccc(Cn2cc(-c3cc4nccn4[nH]3)cn2)cc1. The Morgan fingerprint density at radius 3 is 2.86 bits per heavy atom. The number of nitrogens with one attached hydrogen (secondary N) is 1. The second-order valence-electron chi connectivity index (χ2n) is 5.10. The molecule has 0 aliphatic carbocycles. The quantitative estimate of drug-likeness (QED) is 0.629. The van der Waals surface area contributed by atoms with E-state index >= 15 is 0 Å². The van der Waals surface area contributed by atoms with Crippen LogP contribution in [0.5, 0.6) is 5.75 Å². The van der Waals surface area contributed by atoms with Gasteiger partial charge < -0.3 is 4.74 Å². The van der Waals surface area contributed by atoms with Crippen molar-refractivity contribution in [1.29, 1.82) is 0 Å². The Balaban J connectivity index is 1.56. The first-order valence-corrected chi connectivity index (χ1v) is 7.00. The molecule has 0 bridgehead atoms. The van der Waals surface area contributed by atoms with E-state index in [1.165, 1.54) is 5.56 Å². The molecule has 0 unspecified atom stereocenters. The topological polar surface area (TPSA) is 60.1 Å². The molecule has 0 fully saturated rings. The van der Waals surface area contributed by atoms with Crippen LogP contribution in [0.15, 0.2) is 55.1 Å². The molecule has 0 atom stereocenters. The van der Waals surface area contributed by atoms with Gasteiger partial charge in [-0.25, -0.2) is 9.50 Å². The second kappa shape index (κ2) is 5.07. The van der Waals surface area contributed by atoms with Crippen LogP contribution in [0, 0.1) is 0 Å². The summed E-state index contributed by atoms with van der Waals surface area (Å²) in [7, 11) is 1.67. The molecule has 1 N–H and O–H groups in total. The van der Waals surface area contributed by atoms with Crippen molar-refractivity contribution in [2.45, 2.75) is 6.54 Å². The van der Waals surface area contributed by atoms with E-state index in [2.05, 4.69) is 15.2 Å². The van der Waals surface area contributed by atoms with E-state index in [1.54, 1.807) is 13.3 Å². The minimum atomic E-state index is 0.724. The van der Waals surface area contributed by atoms with Crippen LogP contribution >= 0.6 is 0 Å². The normalized spacial score (nSPS) is 11.1. The Labute approximate surface area is 127 Å². The molecular formula is C16H15N5O. The molecule has 0 saturated carbocycles. The maximum absolute atomic E-state index is 5.17. The van der Waals surface area contributed by atoms with Crippen molar-refractivity contribution in [1.82, 2.24) is 24.4 Å². The summed E-state index contributed by atoms with van der Waals surface area (Å²) >= 11 is 0. The second-order valence-corrected chi connectivity index (χ2v) is 5.10. The maximum Gasteiger partial charge on any atom is 0.153 e. The lowest BCUT2D eigenvalue weighted by molar-refractivity contribution is 0.414. The van der Waals surface area contributed by atoms with E-state index in [1.807, 2.05) is 58.1 Å². The van der Waals surface area contributed by atoms with Crippen LogP contribution in [-0.2, 0) is 6.54 Å². The van der Waals surface area contributed by atoms with Crippen molar-refractivity contribution in [3.63, 3.8) is 0 Å². The summed E-state index contributed by atoms with van der Waals surface area (Å²) in [5.74, 6) is 0.861. The number of rotatable bonds is 4. The zero-order chi connectivity index (χ0) is 14.9. The molecule has 6 heteroatoms. The van der Waals surface area contributed by atoms with Gasteiger partial charge in [-0.2, -0.15) is 5.10 Å². The van der Waals surface area contributed by atoms with Gasteiger partial charge in [0, 0.05) is 30.2 Å². The zero-order valence-electron chi connectivity index (χ0n) is 12.1. The molecular weight excluding hydrogens is 278 g/mol. The molecule has 0 aliphatic rings. The lowest BCUT2D eigenvalue weighted by Crippen LogP contribution is -1.99. The smallest absolute Gasteiger partial charge is 0.153 e. The maximum atomic E-state index is 5.17. The molecule has 0 amide bonds. The van der Waals surface area contributed by atoms with E-state index in [-0.39, 0.29) is 0 Å². The van der Waals surface area contributed by atoms with Crippen molar-refractivity contribution in [3.8, 4) is 17.0 Å². The van der Waals surface area contributed by atoms with Crippen LogP contribution in [0.3, 0.4) is 0 Å². The van der Waals surface area contributed by atoms with Gasteiger partial charge in [-0.3, -0.25) is 9.78 Å². The number of benzene rings is 1. The van der Waals surface area contributed by atoms with Gasteiger partial charge in [0.15, 0.2) is 5.65 Å². The number of ether oxygens (including phenoxy) is 1. The van der Waals surface area contributed by atoms with Gasteiger partial charge in [0.25, 0.3) is 0 Å². The molecule has 4 aromatic rings. The third kappa shape index (κ3) is 2.24. The molecule has 0 saturated heterocycles. The lowest BCUT2D eigenvalue weighted by atomic mass is 10.2. The molecule has 4 rings (SSSR count). The first-order chi connectivity index (χ1) is 10.8. The van der Waals surface area contributed by atoms with Crippen molar-refractivity contribution in [2.24, 2.45) is 0 Å². The predicted molar refractivity (Wildman–Crippen MR) is 82.9 cm³/mol. The van der Waals surface area contributed by atoms with Crippen molar-refractivity contribution in [3.05, 3.63) is 60.7 Å². The summed E-state index contributed by atoms with van der Waals surface area (Å²) in [5, 5.41) is 7.69. The third-order valence-corrected chi connectivity index (χ3v) is 3.63. The first kappa shape index (κ1) is 12.7. The molecule has 3 heterocycles. The highest BCUT2D eigenvalue weighted by Crippen LogP contribution is 2.19. The number of aromatic nitrogens is 5. The van der Waals surface area contributed by atoms with E-state index in [0.717, 1.165) is 29.2 Å². The molecule has 6 nitrogen and oxygen atoms in total. The number of nitrogens with zero attached hydrogens (tertiary/aromatic N) is 4. The van der Waals surface area contributed by atoms with Crippen molar-refractivity contribution >= 4 is 5.65 Å². The summed E-state index contributed by atoms with van der Waals surface area (Å²) in [5.41, 5.74) is 4.12. The average molecular weight is 293 g/mol.